The zero-order valence-electron chi connectivity index (χ0n) is 14.4. The normalized spacial score (nSPS) is 10.5. The van der Waals surface area contributed by atoms with Crippen molar-refractivity contribution in [2.24, 2.45) is 0 Å². The Morgan fingerprint density at radius 3 is 2.35 bits per heavy atom. The summed E-state index contributed by atoms with van der Waals surface area (Å²) in [5.74, 6) is -0.268. The zero-order valence-corrected chi connectivity index (χ0v) is 14.4. The Kier molecular flexibility index (Phi) is 5.58. The lowest BCUT2D eigenvalue weighted by molar-refractivity contribution is 0.240. The van der Waals surface area contributed by atoms with Gasteiger partial charge in [0, 0.05) is 13.1 Å². The monoisotopic (exact) mass is 353 g/mol. The zero-order chi connectivity index (χ0) is 18.4. The molecule has 6 nitrogen and oxygen atoms in total. The minimum atomic E-state index is -0.294. The van der Waals surface area contributed by atoms with Gasteiger partial charge in [-0.1, -0.05) is 36.4 Å². The van der Waals surface area contributed by atoms with E-state index in [2.05, 4.69) is 20.7 Å². The highest BCUT2D eigenvalue weighted by Crippen LogP contribution is 2.09. The number of amides is 2. The molecule has 0 aliphatic rings. The molecular formula is C19H20FN5O. The number of benzene rings is 2. The van der Waals surface area contributed by atoms with E-state index in [0.29, 0.717) is 18.7 Å². The Bertz CT molecular complexity index is 862. The van der Waals surface area contributed by atoms with Gasteiger partial charge in [-0.05, 0) is 35.2 Å². The second-order valence-corrected chi connectivity index (χ2v) is 6.03. The molecule has 26 heavy (non-hydrogen) atoms. The van der Waals surface area contributed by atoms with Crippen molar-refractivity contribution >= 4 is 6.03 Å². The summed E-state index contributed by atoms with van der Waals surface area (Å²) in [5, 5.41) is 9.58. The highest BCUT2D eigenvalue weighted by molar-refractivity contribution is 5.73. The van der Waals surface area contributed by atoms with Gasteiger partial charge in [-0.25, -0.2) is 18.9 Å². The maximum atomic E-state index is 13.5. The molecule has 0 aliphatic carbocycles. The Hall–Kier alpha value is -3.22. The van der Waals surface area contributed by atoms with Crippen LogP contribution in [0.1, 0.15) is 22.3 Å². The molecule has 3 aromatic rings. The number of aromatic nitrogens is 3. The van der Waals surface area contributed by atoms with Crippen LogP contribution in [0.5, 0.6) is 0 Å². The van der Waals surface area contributed by atoms with Gasteiger partial charge in [0.1, 0.15) is 18.5 Å². The molecule has 0 radical (unpaired) electrons. The first-order valence-electron chi connectivity index (χ1n) is 8.27. The predicted molar refractivity (Wildman–Crippen MR) is 95.8 cm³/mol. The number of hydrogen-bond donors (Lipinski definition) is 2. The molecule has 0 saturated heterocycles. The molecule has 0 aliphatic heterocycles. The highest BCUT2D eigenvalue weighted by Gasteiger charge is 2.04. The van der Waals surface area contributed by atoms with Gasteiger partial charge in [-0.15, -0.1) is 0 Å². The first-order chi connectivity index (χ1) is 12.6. The van der Waals surface area contributed by atoms with Crippen LogP contribution in [0.15, 0.2) is 55.1 Å². The summed E-state index contributed by atoms with van der Waals surface area (Å²) >= 11 is 0. The van der Waals surface area contributed by atoms with Crippen LogP contribution >= 0.6 is 0 Å². The largest absolute Gasteiger partial charge is 0.334 e. The minimum Gasteiger partial charge on any atom is -0.334 e. The van der Waals surface area contributed by atoms with E-state index < -0.39 is 0 Å². The van der Waals surface area contributed by atoms with Crippen LogP contribution in [-0.4, -0.2) is 20.8 Å². The summed E-state index contributed by atoms with van der Waals surface area (Å²) in [7, 11) is 0. The number of aryl methyl sites for hydroxylation is 1. The summed E-state index contributed by atoms with van der Waals surface area (Å²) in [4.78, 5) is 15.8. The highest BCUT2D eigenvalue weighted by atomic mass is 19.1. The average Bonchev–Trinajstić information content (AvgIpc) is 3.15. The number of halogens is 1. The average molecular weight is 353 g/mol. The van der Waals surface area contributed by atoms with Crippen LogP contribution in [0.25, 0.3) is 0 Å². The van der Waals surface area contributed by atoms with E-state index >= 15 is 0 Å². The predicted octanol–water partition coefficient (Wildman–Crippen LogP) is 2.77. The molecular weight excluding hydrogens is 333 g/mol. The van der Waals surface area contributed by atoms with Crippen molar-refractivity contribution in [3.05, 3.63) is 83.2 Å². The fourth-order valence-electron chi connectivity index (χ4n) is 2.44. The molecule has 0 unspecified atom stereocenters. The Labute approximate surface area is 151 Å². The van der Waals surface area contributed by atoms with Crippen molar-refractivity contribution in [2.75, 3.05) is 0 Å². The second-order valence-electron chi connectivity index (χ2n) is 6.03. The van der Waals surface area contributed by atoms with Crippen LogP contribution in [0.4, 0.5) is 9.18 Å². The molecule has 0 atom stereocenters. The van der Waals surface area contributed by atoms with E-state index in [9.17, 15) is 9.18 Å². The van der Waals surface area contributed by atoms with Gasteiger partial charge in [0.05, 0.1) is 6.54 Å². The van der Waals surface area contributed by atoms with E-state index in [4.69, 9.17) is 0 Å². The third-order valence-electron chi connectivity index (χ3n) is 3.98. The van der Waals surface area contributed by atoms with Crippen LogP contribution in [-0.2, 0) is 19.6 Å². The standard InChI is InChI=1S/C19H20FN5O/c1-14-2-3-17(8-18(14)20)10-23-19(26)22-9-15-4-6-16(7-5-15)11-25-13-21-12-24-25/h2-8,12-13H,9-11H2,1H3,(H2,22,23,26). The SMILES string of the molecule is Cc1ccc(CNC(=O)NCc2ccc(Cn3cncn3)cc2)cc1F. The quantitative estimate of drug-likeness (QED) is 0.716. The summed E-state index contributed by atoms with van der Waals surface area (Å²) in [5.41, 5.74) is 3.40. The van der Waals surface area contributed by atoms with Gasteiger partial charge in [0.2, 0.25) is 0 Å². The third-order valence-corrected chi connectivity index (χ3v) is 3.98. The molecule has 7 heteroatoms. The molecule has 0 bridgehead atoms. The van der Waals surface area contributed by atoms with Crippen molar-refractivity contribution in [3.63, 3.8) is 0 Å². The van der Waals surface area contributed by atoms with Crippen molar-refractivity contribution in [1.29, 1.82) is 0 Å². The van der Waals surface area contributed by atoms with E-state index in [1.807, 2.05) is 24.3 Å². The van der Waals surface area contributed by atoms with E-state index in [0.717, 1.165) is 16.7 Å². The molecule has 134 valence electrons. The Morgan fingerprint density at radius 2 is 1.69 bits per heavy atom. The fourth-order valence-corrected chi connectivity index (χ4v) is 2.44. The smallest absolute Gasteiger partial charge is 0.315 e. The molecule has 2 N–H and O–H groups in total. The van der Waals surface area contributed by atoms with Crippen LogP contribution in [0.2, 0.25) is 0 Å². The molecule has 1 aromatic heterocycles. The van der Waals surface area contributed by atoms with Crippen LogP contribution < -0.4 is 10.6 Å². The maximum Gasteiger partial charge on any atom is 0.315 e. The summed E-state index contributed by atoms with van der Waals surface area (Å²) in [6.45, 7) is 3.05. The van der Waals surface area contributed by atoms with Crippen molar-refractivity contribution in [1.82, 2.24) is 25.4 Å². The number of carbonyl (C=O) groups is 1. The fraction of sp³-hybridized carbons (Fsp3) is 0.211. The molecule has 2 amide bonds. The van der Waals surface area contributed by atoms with Gasteiger partial charge in [0.25, 0.3) is 0 Å². The summed E-state index contributed by atoms with van der Waals surface area (Å²) in [6, 6.07) is 12.5. The molecule has 2 aromatic carbocycles. The number of carbonyl (C=O) groups excluding carboxylic acids is 1. The number of nitrogens with one attached hydrogen (secondary N) is 2. The first-order valence-corrected chi connectivity index (χ1v) is 8.27. The van der Waals surface area contributed by atoms with Gasteiger partial charge in [0.15, 0.2) is 0 Å². The van der Waals surface area contributed by atoms with Gasteiger partial charge in [-0.3, -0.25) is 0 Å². The van der Waals surface area contributed by atoms with Crippen molar-refractivity contribution in [2.45, 2.75) is 26.6 Å². The number of nitrogens with zero attached hydrogens (tertiary/aromatic N) is 3. The second kappa shape index (κ2) is 8.24. The number of hydrogen-bond acceptors (Lipinski definition) is 3. The number of urea groups is 1. The van der Waals surface area contributed by atoms with Crippen LogP contribution in [0.3, 0.4) is 0 Å². The minimum absolute atomic E-state index is 0.268. The van der Waals surface area contributed by atoms with E-state index in [-0.39, 0.29) is 18.4 Å². The first kappa shape index (κ1) is 17.6. The number of rotatable bonds is 6. The lowest BCUT2D eigenvalue weighted by atomic mass is 10.1. The molecule has 0 fully saturated rings. The lowest BCUT2D eigenvalue weighted by Crippen LogP contribution is -2.34. The van der Waals surface area contributed by atoms with Gasteiger partial charge in [-0.2, -0.15) is 5.10 Å². The Morgan fingerprint density at radius 1 is 1.04 bits per heavy atom. The van der Waals surface area contributed by atoms with Crippen molar-refractivity contribution < 1.29 is 9.18 Å². The summed E-state index contributed by atoms with van der Waals surface area (Å²) < 4.78 is 15.2. The van der Waals surface area contributed by atoms with E-state index in [1.54, 1.807) is 30.1 Å². The van der Waals surface area contributed by atoms with Crippen molar-refractivity contribution in [3.8, 4) is 0 Å². The summed E-state index contributed by atoms with van der Waals surface area (Å²) in [6.07, 6.45) is 3.17. The molecule has 1 heterocycles. The maximum absolute atomic E-state index is 13.5. The molecule has 3 rings (SSSR count). The van der Waals surface area contributed by atoms with Gasteiger partial charge < -0.3 is 10.6 Å². The van der Waals surface area contributed by atoms with Gasteiger partial charge >= 0.3 is 6.03 Å². The lowest BCUT2D eigenvalue weighted by Gasteiger charge is -2.09. The Balaban J connectivity index is 1.44. The topological polar surface area (TPSA) is 71.8 Å². The molecule has 0 saturated carbocycles. The van der Waals surface area contributed by atoms with Crippen LogP contribution in [0, 0.1) is 12.7 Å². The van der Waals surface area contributed by atoms with E-state index in [1.165, 1.54) is 12.4 Å². The molecule has 0 spiro atoms. The third kappa shape index (κ3) is 4.89.